The molecule has 3 rings (SSSR count). The molecule has 0 unspecified atom stereocenters. The SMILES string of the molecule is CC(C)(C)c1cn2c(n1)sc1ccc(N)cc12. The van der Waals surface area contributed by atoms with Crippen molar-refractivity contribution in [2.45, 2.75) is 26.2 Å². The van der Waals surface area contributed by atoms with Gasteiger partial charge in [0.25, 0.3) is 0 Å². The molecule has 0 aliphatic rings. The highest BCUT2D eigenvalue weighted by Gasteiger charge is 2.19. The van der Waals surface area contributed by atoms with Crippen molar-refractivity contribution in [3.8, 4) is 0 Å². The van der Waals surface area contributed by atoms with Crippen molar-refractivity contribution in [1.82, 2.24) is 9.38 Å². The number of fused-ring (bicyclic) bond motifs is 3. The first-order chi connectivity index (χ1) is 7.95. The van der Waals surface area contributed by atoms with E-state index in [9.17, 15) is 0 Å². The first kappa shape index (κ1) is 10.6. The predicted molar refractivity (Wildman–Crippen MR) is 73.7 cm³/mol. The van der Waals surface area contributed by atoms with Crippen LogP contribution in [0.1, 0.15) is 26.5 Å². The molecular weight excluding hydrogens is 230 g/mol. The van der Waals surface area contributed by atoms with Crippen LogP contribution in [0.3, 0.4) is 0 Å². The number of hydrogen-bond acceptors (Lipinski definition) is 3. The van der Waals surface area contributed by atoms with E-state index in [4.69, 9.17) is 10.7 Å². The quantitative estimate of drug-likeness (QED) is 0.617. The maximum atomic E-state index is 5.84. The minimum atomic E-state index is 0.0817. The van der Waals surface area contributed by atoms with Crippen LogP contribution in [0.15, 0.2) is 24.4 Å². The molecule has 0 amide bonds. The summed E-state index contributed by atoms with van der Waals surface area (Å²) < 4.78 is 3.36. The molecule has 4 heteroatoms. The van der Waals surface area contributed by atoms with E-state index in [0.29, 0.717) is 0 Å². The van der Waals surface area contributed by atoms with E-state index in [1.54, 1.807) is 11.3 Å². The average Bonchev–Trinajstić information content (AvgIpc) is 2.74. The Morgan fingerprint density at radius 1 is 1.29 bits per heavy atom. The summed E-state index contributed by atoms with van der Waals surface area (Å²) in [6, 6.07) is 6.00. The molecule has 88 valence electrons. The largest absolute Gasteiger partial charge is 0.399 e. The van der Waals surface area contributed by atoms with Crippen LogP contribution in [-0.2, 0) is 5.41 Å². The fourth-order valence-electron chi connectivity index (χ4n) is 1.88. The number of aromatic nitrogens is 2. The fourth-order valence-corrected chi connectivity index (χ4v) is 2.86. The summed E-state index contributed by atoms with van der Waals surface area (Å²) in [6.07, 6.45) is 2.12. The smallest absolute Gasteiger partial charge is 0.194 e. The van der Waals surface area contributed by atoms with Crippen LogP contribution in [-0.4, -0.2) is 9.38 Å². The zero-order valence-corrected chi connectivity index (χ0v) is 11.0. The Labute approximate surface area is 104 Å². The third-order valence-corrected chi connectivity index (χ3v) is 3.92. The number of nitrogens with zero attached hydrogens (tertiary/aromatic N) is 2. The lowest BCUT2D eigenvalue weighted by atomic mass is 9.93. The summed E-state index contributed by atoms with van der Waals surface area (Å²) >= 11 is 1.70. The zero-order chi connectivity index (χ0) is 12.2. The molecule has 0 saturated carbocycles. The molecule has 0 atom stereocenters. The number of nitrogens with two attached hydrogens (primary N) is 1. The highest BCUT2D eigenvalue weighted by molar-refractivity contribution is 7.23. The van der Waals surface area contributed by atoms with Crippen LogP contribution in [0, 0.1) is 0 Å². The molecule has 3 aromatic rings. The third kappa shape index (κ3) is 1.60. The van der Waals surface area contributed by atoms with E-state index in [1.165, 1.54) is 4.70 Å². The number of rotatable bonds is 0. The molecule has 1 aromatic carbocycles. The van der Waals surface area contributed by atoms with Crippen LogP contribution in [0.5, 0.6) is 0 Å². The molecule has 2 aromatic heterocycles. The second kappa shape index (κ2) is 3.23. The molecule has 0 saturated heterocycles. The maximum Gasteiger partial charge on any atom is 0.194 e. The van der Waals surface area contributed by atoms with Crippen molar-refractivity contribution in [3.63, 3.8) is 0 Å². The van der Waals surface area contributed by atoms with Crippen molar-refractivity contribution in [1.29, 1.82) is 0 Å². The second-order valence-corrected chi connectivity index (χ2v) is 6.37. The number of nitrogen functional groups attached to an aromatic ring is 1. The Morgan fingerprint density at radius 3 is 2.76 bits per heavy atom. The van der Waals surface area contributed by atoms with E-state index in [1.807, 2.05) is 12.1 Å². The first-order valence-corrected chi connectivity index (χ1v) is 6.44. The number of benzene rings is 1. The summed E-state index contributed by atoms with van der Waals surface area (Å²) in [5.74, 6) is 0. The lowest BCUT2D eigenvalue weighted by molar-refractivity contribution is 0.573. The van der Waals surface area contributed by atoms with Crippen LogP contribution >= 0.6 is 11.3 Å². The second-order valence-electron chi connectivity index (χ2n) is 5.36. The van der Waals surface area contributed by atoms with Gasteiger partial charge in [-0.05, 0) is 18.2 Å². The molecule has 2 heterocycles. The minimum absolute atomic E-state index is 0.0817. The Kier molecular flexibility index (Phi) is 2.01. The Bertz CT molecular complexity index is 700. The molecule has 0 fully saturated rings. The topological polar surface area (TPSA) is 43.3 Å². The average molecular weight is 245 g/mol. The highest BCUT2D eigenvalue weighted by Crippen LogP contribution is 2.30. The molecule has 0 spiro atoms. The first-order valence-electron chi connectivity index (χ1n) is 5.63. The highest BCUT2D eigenvalue weighted by atomic mass is 32.1. The van der Waals surface area contributed by atoms with Crippen molar-refractivity contribution < 1.29 is 0 Å². The molecule has 0 bridgehead atoms. The van der Waals surface area contributed by atoms with Crippen molar-refractivity contribution >= 4 is 32.2 Å². The van der Waals surface area contributed by atoms with E-state index in [2.05, 4.69) is 37.4 Å². The van der Waals surface area contributed by atoms with Crippen molar-refractivity contribution in [2.24, 2.45) is 0 Å². The van der Waals surface area contributed by atoms with Crippen LogP contribution in [0.25, 0.3) is 15.2 Å². The van der Waals surface area contributed by atoms with Gasteiger partial charge in [-0.1, -0.05) is 32.1 Å². The van der Waals surface area contributed by atoms with Gasteiger partial charge in [0, 0.05) is 17.3 Å². The van der Waals surface area contributed by atoms with E-state index in [0.717, 1.165) is 21.9 Å². The molecular formula is C13H15N3S. The molecule has 0 radical (unpaired) electrons. The van der Waals surface area contributed by atoms with Gasteiger partial charge in [-0.25, -0.2) is 4.98 Å². The monoisotopic (exact) mass is 245 g/mol. The molecule has 0 aliphatic heterocycles. The van der Waals surface area contributed by atoms with Crippen LogP contribution in [0.4, 0.5) is 5.69 Å². The normalized spacial score (nSPS) is 12.6. The number of thiazole rings is 1. The Morgan fingerprint density at radius 2 is 2.06 bits per heavy atom. The van der Waals surface area contributed by atoms with Gasteiger partial charge in [0.15, 0.2) is 4.96 Å². The van der Waals surface area contributed by atoms with Gasteiger partial charge in [0.05, 0.1) is 15.9 Å². The number of anilines is 1. The minimum Gasteiger partial charge on any atom is -0.399 e. The molecule has 0 aliphatic carbocycles. The Balaban J connectivity index is 2.34. The zero-order valence-electron chi connectivity index (χ0n) is 10.2. The van der Waals surface area contributed by atoms with Gasteiger partial charge >= 0.3 is 0 Å². The molecule has 17 heavy (non-hydrogen) atoms. The van der Waals surface area contributed by atoms with Crippen LogP contribution in [0.2, 0.25) is 0 Å². The van der Waals surface area contributed by atoms with Crippen molar-refractivity contribution in [3.05, 3.63) is 30.1 Å². The summed E-state index contributed by atoms with van der Waals surface area (Å²) in [5, 5.41) is 0. The van der Waals surface area contributed by atoms with Gasteiger partial charge in [0.2, 0.25) is 0 Å². The number of hydrogen-bond donors (Lipinski definition) is 1. The summed E-state index contributed by atoms with van der Waals surface area (Å²) in [6.45, 7) is 6.53. The summed E-state index contributed by atoms with van der Waals surface area (Å²) in [4.78, 5) is 5.73. The lowest BCUT2D eigenvalue weighted by Gasteiger charge is -2.13. The van der Waals surface area contributed by atoms with Gasteiger partial charge < -0.3 is 5.73 Å². The molecule has 3 nitrogen and oxygen atoms in total. The van der Waals surface area contributed by atoms with E-state index < -0.39 is 0 Å². The van der Waals surface area contributed by atoms with Gasteiger partial charge in [0.1, 0.15) is 0 Å². The number of imidazole rings is 1. The van der Waals surface area contributed by atoms with Crippen LogP contribution < -0.4 is 5.73 Å². The maximum absolute atomic E-state index is 5.84. The standard InChI is InChI=1S/C13H15N3S/c1-13(2,3)11-7-16-9-6-8(14)4-5-10(9)17-12(16)15-11/h4-7H,14H2,1-3H3. The summed E-state index contributed by atoms with van der Waals surface area (Å²) in [5.41, 5.74) is 8.98. The lowest BCUT2D eigenvalue weighted by Crippen LogP contribution is -2.11. The van der Waals surface area contributed by atoms with Gasteiger partial charge in [-0.3, -0.25) is 4.40 Å². The van der Waals surface area contributed by atoms with Gasteiger partial charge in [-0.2, -0.15) is 0 Å². The third-order valence-electron chi connectivity index (χ3n) is 2.89. The van der Waals surface area contributed by atoms with Crippen molar-refractivity contribution in [2.75, 3.05) is 5.73 Å². The molecule has 2 N–H and O–H groups in total. The van der Waals surface area contributed by atoms with E-state index >= 15 is 0 Å². The Hall–Kier alpha value is -1.55. The summed E-state index contributed by atoms with van der Waals surface area (Å²) in [7, 11) is 0. The van der Waals surface area contributed by atoms with Gasteiger partial charge in [-0.15, -0.1) is 0 Å². The fraction of sp³-hybridized carbons (Fsp3) is 0.308. The predicted octanol–water partition coefficient (Wildman–Crippen LogP) is 3.43. The van der Waals surface area contributed by atoms with E-state index in [-0.39, 0.29) is 5.41 Å².